The average molecular weight is 286 g/mol. The lowest BCUT2D eigenvalue weighted by molar-refractivity contribution is 0.0975. The number of rotatable bonds is 3. The maximum absolute atomic E-state index is 6.64. The molecular formula is C19H30N2. The van der Waals surface area contributed by atoms with Crippen molar-refractivity contribution < 1.29 is 0 Å². The molecule has 0 spiro atoms. The van der Waals surface area contributed by atoms with Crippen LogP contribution in [0.4, 0.5) is 0 Å². The Morgan fingerprint density at radius 1 is 1.14 bits per heavy atom. The number of nitrogens with two attached hydrogens (primary N) is 1. The first-order valence-electron chi connectivity index (χ1n) is 8.79. The van der Waals surface area contributed by atoms with E-state index in [2.05, 4.69) is 43.0 Å². The number of nitrogens with zero attached hydrogens (tertiary/aromatic N) is 1. The summed E-state index contributed by atoms with van der Waals surface area (Å²) in [6, 6.07) is 9.54. The summed E-state index contributed by atoms with van der Waals surface area (Å²) in [6.45, 7) is 7.17. The monoisotopic (exact) mass is 286 g/mol. The van der Waals surface area contributed by atoms with Crippen LogP contribution in [-0.2, 0) is 0 Å². The normalized spacial score (nSPS) is 31.1. The third-order valence-corrected chi connectivity index (χ3v) is 5.71. The van der Waals surface area contributed by atoms with Gasteiger partial charge in [0.15, 0.2) is 0 Å². The van der Waals surface area contributed by atoms with E-state index < -0.39 is 0 Å². The van der Waals surface area contributed by atoms with Crippen molar-refractivity contribution in [3.05, 3.63) is 35.4 Å². The molecular weight excluding hydrogens is 256 g/mol. The lowest BCUT2D eigenvalue weighted by Gasteiger charge is -2.44. The molecule has 2 nitrogen and oxygen atoms in total. The van der Waals surface area contributed by atoms with Crippen LogP contribution in [-0.4, -0.2) is 24.0 Å². The first kappa shape index (κ1) is 15.1. The van der Waals surface area contributed by atoms with Gasteiger partial charge in [-0.1, -0.05) is 51.0 Å². The van der Waals surface area contributed by atoms with E-state index >= 15 is 0 Å². The Hall–Kier alpha value is -0.860. The Balaban J connectivity index is 1.70. The largest absolute Gasteiger partial charge is 0.323 e. The van der Waals surface area contributed by atoms with E-state index in [0.717, 1.165) is 5.92 Å². The fourth-order valence-electron chi connectivity index (χ4n) is 4.46. The van der Waals surface area contributed by atoms with Crippen LogP contribution >= 0.6 is 0 Å². The molecule has 0 radical (unpaired) electrons. The maximum atomic E-state index is 6.64. The number of hydrogen-bond acceptors (Lipinski definition) is 2. The lowest BCUT2D eigenvalue weighted by atomic mass is 9.77. The Labute approximate surface area is 129 Å². The molecule has 1 fully saturated rings. The molecule has 116 valence electrons. The summed E-state index contributed by atoms with van der Waals surface area (Å²) in [4.78, 5) is 2.68. The minimum absolute atomic E-state index is 0.195. The van der Waals surface area contributed by atoms with E-state index in [4.69, 9.17) is 5.73 Å². The van der Waals surface area contributed by atoms with Gasteiger partial charge >= 0.3 is 0 Å². The fraction of sp³-hybridized carbons (Fsp3) is 0.684. The Morgan fingerprint density at radius 2 is 1.81 bits per heavy atom. The van der Waals surface area contributed by atoms with Gasteiger partial charge in [0.25, 0.3) is 0 Å². The van der Waals surface area contributed by atoms with Gasteiger partial charge in [-0.05, 0) is 55.3 Å². The number of piperidine rings is 1. The minimum atomic E-state index is 0.195. The molecule has 0 saturated carbocycles. The second-order valence-corrected chi connectivity index (χ2v) is 7.13. The Bertz CT molecular complexity index is 462. The zero-order chi connectivity index (χ0) is 14.8. The van der Waals surface area contributed by atoms with Crippen molar-refractivity contribution in [3.63, 3.8) is 0 Å². The van der Waals surface area contributed by atoms with Gasteiger partial charge < -0.3 is 5.73 Å². The van der Waals surface area contributed by atoms with Crippen LogP contribution in [0.3, 0.4) is 0 Å². The molecule has 0 amide bonds. The SMILES string of the molecule is CCCC1CCN(C2CC(C)c3ccccc3C2N)CC1. The first-order chi connectivity index (χ1) is 10.2. The van der Waals surface area contributed by atoms with E-state index in [-0.39, 0.29) is 6.04 Å². The van der Waals surface area contributed by atoms with Crippen molar-refractivity contribution in [1.29, 1.82) is 0 Å². The smallest absolute Gasteiger partial charge is 0.0456 e. The Morgan fingerprint density at radius 3 is 2.48 bits per heavy atom. The first-order valence-corrected chi connectivity index (χ1v) is 8.79. The summed E-state index contributed by atoms with van der Waals surface area (Å²) < 4.78 is 0. The van der Waals surface area contributed by atoms with Gasteiger partial charge in [-0.15, -0.1) is 0 Å². The summed E-state index contributed by atoms with van der Waals surface area (Å²) in [5.74, 6) is 1.59. The van der Waals surface area contributed by atoms with Gasteiger partial charge in [0.2, 0.25) is 0 Å². The highest BCUT2D eigenvalue weighted by Crippen LogP contribution is 2.39. The summed E-state index contributed by atoms with van der Waals surface area (Å²) in [6.07, 6.45) is 6.69. The van der Waals surface area contributed by atoms with Gasteiger partial charge in [0.1, 0.15) is 0 Å². The molecule has 2 N–H and O–H groups in total. The third-order valence-electron chi connectivity index (χ3n) is 5.71. The van der Waals surface area contributed by atoms with Crippen molar-refractivity contribution in [2.24, 2.45) is 11.7 Å². The molecule has 1 aromatic carbocycles. The standard InChI is InChI=1S/C19H30N2/c1-3-6-15-9-11-21(12-10-15)18-13-14(2)16-7-4-5-8-17(16)19(18)20/h4-5,7-8,14-15,18-19H,3,6,9-13,20H2,1-2H3. The number of fused-ring (bicyclic) bond motifs is 1. The van der Waals surface area contributed by atoms with Crippen LogP contribution in [0.25, 0.3) is 0 Å². The second-order valence-electron chi connectivity index (χ2n) is 7.13. The average Bonchev–Trinajstić information content (AvgIpc) is 2.52. The third kappa shape index (κ3) is 3.02. The fourth-order valence-corrected chi connectivity index (χ4v) is 4.46. The zero-order valence-corrected chi connectivity index (χ0v) is 13.6. The van der Waals surface area contributed by atoms with E-state index in [1.54, 1.807) is 0 Å². The quantitative estimate of drug-likeness (QED) is 0.907. The summed E-state index contributed by atoms with van der Waals surface area (Å²) in [5.41, 5.74) is 9.50. The summed E-state index contributed by atoms with van der Waals surface area (Å²) >= 11 is 0. The highest BCUT2D eigenvalue weighted by atomic mass is 15.2. The molecule has 2 aliphatic rings. The van der Waals surface area contributed by atoms with Crippen molar-refractivity contribution in [1.82, 2.24) is 4.90 Å². The molecule has 1 aliphatic heterocycles. The molecule has 21 heavy (non-hydrogen) atoms. The number of likely N-dealkylation sites (tertiary alicyclic amines) is 1. The molecule has 0 bridgehead atoms. The predicted octanol–water partition coefficient (Wildman–Crippen LogP) is 4.07. The molecule has 1 aromatic rings. The Kier molecular flexibility index (Phi) is 4.66. The van der Waals surface area contributed by atoms with Crippen LogP contribution in [0, 0.1) is 5.92 Å². The number of hydrogen-bond donors (Lipinski definition) is 1. The molecule has 3 atom stereocenters. The number of benzene rings is 1. The van der Waals surface area contributed by atoms with Crippen LogP contribution in [0.5, 0.6) is 0 Å². The van der Waals surface area contributed by atoms with Crippen LogP contribution in [0.2, 0.25) is 0 Å². The van der Waals surface area contributed by atoms with E-state index in [0.29, 0.717) is 12.0 Å². The molecule has 0 aromatic heterocycles. The summed E-state index contributed by atoms with van der Waals surface area (Å²) in [5, 5.41) is 0. The van der Waals surface area contributed by atoms with Crippen molar-refractivity contribution in [3.8, 4) is 0 Å². The molecule has 1 saturated heterocycles. The highest BCUT2D eigenvalue weighted by Gasteiger charge is 2.35. The molecule has 2 heteroatoms. The predicted molar refractivity (Wildman–Crippen MR) is 89.4 cm³/mol. The van der Waals surface area contributed by atoms with Crippen LogP contribution in [0.1, 0.15) is 69.0 Å². The highest BCUT2D eigenvalue weighted by molar-refractivity contribution is 5.36. The van der Waals surface area contributed by atoms with Crippen molar-refractivity contribution >= 4 is 0 Å². The molecule has 3 rings (SSSR count). The topological polar surface area (TPSA) is 29.3 Å². The lowest BCUT2D eigenvalue weighted by Crippen LogP contribution is -2.49. The van der Waals surface area contributed by atoms with E-state index in [1.165, 1.54) is 56.3 Å². The van der Waals surface area contributed by atoms with E-state index in [1.807, 2.05) is 0 Å². The molecule has 1 heterocycles. The van der Waals surface area contributed by atoms with Gasteiger partial charge in [-0.25, -0.2) is 0 Å². The minimum Gasteiger partial charge on any atom is -0.323 e. The van der Waals surface area contributed by atoms with Gasteiger partial charge in [-0.2, -0.15) is 0 Å². The van der Waals surface area contributed by atoms with Crippen molar-refractivity contribution in [2.75, 3.05) is 13.1 Å². The van der Waals surface area contributed by atoms with Crippen LogP contribution in [0.15, 0.2) is 24.3 Å². The van der Waals surface area contributed by atoms with Gasteiger partial charge in [-0.3, -0.25) is 4.90 Å². The maximum Gasteiger partial charge on any atom is 0.0456 e. The van der Waals surface area contributed by atoms with Crippen molar-refractivity contribution in [2.45, 2.75) is 64.0 Å². The second kappa shape index (κ2) is 6.50. The summed E-state index contributed by atoms with van der Waals surface area (Å²) in [7, 11) is 0. The van der Waals surface area contributed by atoms with E-state index in [9.17, 15) is 0 Å². The van der Waals surface area contributed by atoms with Crippen LogP contribution < -0.4 is 5.73 Å². The van der Waals surface area contributed by atoms with Gasteiger partial charge in [0.05, 0.1) is 0 Å². The zero-order valence-electron chi connectivity index (χ0n) is 13.6. The van der Waals surface area contributed by atoms with Gasteiger partial charge in [0, 0.05) is 12.1 Å². The molecule has 3 unspecified atom stereocenters. The molecule has 1 aliphatic carbocycles.